The zero-order chi connectivity index (χ0) is 14.5. The first-order chi connectivity index (χ1) is 9.56. The number of benzene rings is 1. The summed E-state index contributed by atoms with van der Waals surface area (Å²) in [5.41, 5.74) is 7.13. The van der Waals surface area contributed by atoms with Gasteiger partial charge in [0.25, 0.3) is 0 Å². The first-order valence-electron chi connectivity index (χ1n) is 6.67. The lowest BCUT2D eigenvalue weighted by Crippen LogP contribution is -2.39. The van der Waals surface area contributed by atoms with Crippen LogP contribution >= 0.6 is 0 Å². The second-order valence-electron chi connectivity index (χ2n) is 4.97. The highest BCUT2D eigenvalue weighted by Crippen LogP contribution is 2.23. The molecule has 0 aromatic heterocycles. The standard InChI is InChI=1S/C14H19N3O3/c15-11-3-1-2-4-12(11)17(8-7-14(19)20)9-13(18)16-10-5-6-10/h1-4,10H,5-9,15H2,(H,16,18)(H,19,20). The molecule has 0 saturated heterocycles. The molecule has 1 saturated carbocycles. The van der Waals surface area contributed by atoms with E-state index < -0.39 is 5.97 Å². The number of carboxylic acid groups (broad SMARTS) is 1. The molecule has 2 rings (SSSR count). The zero-order valence-corrected chi connectivity index (χ0v) is 11.2. The van der Waals surface area contributed by atoms with Crippen molar-refractivity contribution in [2.24, 2.45) is 0 Å². The first kappa shape index (κ1) is 14.2. The molecule has 20 heavy (non-hydrogen) atoms. The van der Waals surface area contributed by atoms with Gasteiger partial charge in [-0.25, -0.2) is 0 Å². The minimum Gasteiger partial charge on any atom is -0.481 e. The molecule has 1 aromatic carbocycles. The molecule has 1 aliphatic carbocycles. The van der Waals surface area contributed by atoms with Crippen LogP contribution in [0.25, 0.3) is 0 Å². The minimum absolute atomic E-state index is 0.0367. The number of carbonyl (C=O) groups is 2. The Hall–Kier alpha value is -2.24. The van der Waals surface area contributed by atoms with Gasteiger partial charge in [0, 0.05) is 12.6 Å². The van der Waals surface area contributed by atoms with Gasteiger partial charge >= 0.3 is 5.97 Å². The fourth-order valence-electron chi connectivity index (χ4n) is 1.97. The van der Waals surface area contributed by atoms with Crippen LogP contribution in [-0.4, -0.2) is 36.1 Å². The second kappa shape index (κ2) is 6.27. The van der Waals surface area contributed by atoms with E-state index in [4.69, 9.17) is 10.8 Å². The third-order valence-corrected chi connectivity index (χ3v) is 3.15. The largest absolute Gasteiger partial charge is 0.481 e. The molecule has 4 N–H and O–H groups in total. The van der Waals surface area contributed by atoms with Crippen molar-refractivity contribution in [3.8, 4) is 0 Å². The van der Waals surface area contributed by atoms with Gasteiger partial charge in [-0.05, 0) is 25.0 Å². The predicted octanol–water partition coefficient (Wildman–Crippen LogP) is 0.828. The molecule has 0 spiro atoms. The molecule has 1 amide bonds. The molecule has 0 bridgehead atoms. The van der Waals surface area contributed by atoms with Gasteiger partial charge in [0.2, 0.25) is 5.91 Å². The fourth-order valence-corrected chi connectivity index (χ4v) is 1.97. The van der Waals surface area contributed by atoms with Gasteiger partial charge in [-0.1, -0.05) is 12.1 Å². The number of anilines is 2. The van der Waals surface area contributed by atoms with Crippen LogP contribution in [0.1, 0.15) is 19.3 Å². The van der Waals surface area contributed by atoms with E-state index >= 15 is 0 Å². The van der Waals surface area contributed by atoms with Crippen molar-refractivity contribution in [2.75, 3.05) is 23.7 Å². The van der Waals surface area contributed by atoms with Crippen LogP contribution < -0.4 is 16.0 Å². The molecule has 1 aromatic rings. The molecule has 1 fully saturated rings. The third kappa shape index (κ3) is 4.15. The molecule has 0 aliphatic heterocycles. The Morgan fingerprint density at radius 2 is 2.05 bits per heavy atom. The van der Waals surface area contributed by atoms with Crippen molar-refractivity contribution in [3.63, 3.8) is 0 Å². The van der Waals surface area contributed by atoms with E-state index in [9.17, 15) is 9.59 Å². The molecule has 0 heterocycles. The van der Waals surface area contributed by atoms with Crippen LogP contribution in [-0.2, 0) is 9.59 Å². The van der Waals surface area contributed by atoms with Crippen molar-refractivity contribution in [1.29, 1.82) is 0 Å². The number of nitrogens with one attached hydrogen (secondary N) is 1. The van der Waals surface area contributed by atoms with Gasteiger partial charge < -0.3 is 21.1 Å². The summed E-state index contributed by atoms with van der Waals surface area (Å²) in [6.07, 6.45) is 2.01. The molecule has 0 radical (unpaired) electrons. The van der Waals surface area contributed by atoms with Crippen molar-refractivity contribution in [1.82, 2.24) is 5.32 Å². The molecule has 1 aliphatic rings. The van der Waals surface area contributed by atoms with Crippen LogP contribution in [0.4, 0.5) is 11.4 Å². The average molecular weight is 277 g/mol. The highest BCUT2D eigenvalue weighted by molar-refractivity contribution is 5.83. The third-order valence-electron chi connectivity index (χ3n) is 3.15. The first-order valence-corrected chi connectivity index (χ1v) is 6.67. The highest BCUT2D eigenvalue weighted by Gasteiger charge is 2.24. The number of amides is 1. The molecular formula is C14H19N3O3. The normalized spacial score (nSPS) is 13.8. The minimum atomic E-state index is -0.896. The smallest absolute Gasteiger partial charge is 0.305 e. The topological polar surface area (TPSA) is 95.7 Å². The number of para-hydroxylation sites is 2. The van der Waals surface area contributed by atoms with Crippen LogP contribution in [0.3, 0.4) is 0 Å². The lowest BCUT2D eigenvalue weighted by Gasteiger charge is -2.25. The Morgan fingerprint density at radius 1 is 1.35 bits per heavy atom. The molecule has 6 nitrogen and oxygen atoms in total. The lowest BCUT2D eigenvalue weighted by molar-refractivity contribution is -0.136. The van der Waals surface area contributed by atoms with Gasteiger partial charge in [0.05, 0.1) is 24.3 Å². The van der Waals surface area contributed by atoms with E-state index in [2.05, 4.69) is 5.32 Å². The number of aliphatic carboxylic acids is 1. The van der Waals surface area contributed by atoms with Gasteiger partial charge in [-0.15, -0.1) is 0 Å². The van der Waals surface area contributed by atoms with E-state index in [-0.39, 0.29) is 31.5 Å². The maximum absolute atomic E-state index is 11.9. The zero-order valence-electron chi connectivity index (χ0n) is 11.2. The number of nitrogens with zero attached hydrogens (tertiary/aromatic N) is 1. The summed E-state index contributed by atoms with van der Waals surface area (Å²) in [6.45, 7) is 0.375. The van der Waals surface area contributed by atoms with E-state index in [0.717, 1.165) is 12.8 Å². The van der Waals surface area contributed by atoms with Crippen molar-refractivity contribution in [3.05, 3.63) is 24.3 Å². The SMILES string of the molecule is Nc1ccccc1N(CCC(=O)O)CC(=O)NC1CC1. The maximum Gasteiger partial charge on any atom is 0.305 e. The van der Waals surface area contributed by atoms with E-state index in [1.165, 1.54) is 0 Å². The Morgan fingerprint density at radius 3 is 2.65 bits per heavy atom. The van der Waals surface area contributed by atoms with Gasteiger partial charge in [0.15, 0.2) is 0 Å². The summed E-state index contributed by atoms with van der Waals surface area (Å²) < 4.78 is 0. The highest BCUT2D eigenvalue weighted by atomic mass is 16.4. The number of nitrogens with two attached hydrogens (primary N) is 1. The number of carboxylic acids is 1. The van der Waals surface area contributed by atoms with Gasteiger partial charge in [-0.3, -0.25) is 9.59 Å². The lowest BCUT2D eigenvalue weighted by atomic mass is 10.2. The number of hydrogen-bond acceptors (Lipinski definition) is 4. The molecular weight excluding hydrogens is 258 g/mol. The quantitative estimate of drug-likeness (QED) is 0.642. The number of hydrogen-bond donors (Lipinski definition) is 3. The van der Waals surface area contributed by atoms with E-state index in [1.807, 2.05) is 6.07 Å². The Kier molecular flexibility index (Phi) is 4.45. The molecule has 0 atom stereocenters. The van der Waals surface area contributed by atoms with Gasteiger partial charge in [0.1, 0.15) is 0 Å². The second-order valence-corrected chi connectivity index (χ2v) is 4.97. The number of carbonyl (C=O) groups excluding carboxylic acids is 1. The maximum atomic E-state index is 11.9. The van der Waals surface area contributed by atoms with Crippen LogP contribution in [0, 0.1) is 0 Å². The monoisotopic (exact) mass is 277 g/mol. The summed E-state index contributed by atoms with van der Waals surface area (Å²) in [6, 6.07) is 7.44. The van der Waals surface area contributed by atoms with E-state index in [1.54, 1.807) is 23.1 Å². The Balaban J connectivity index is 2.04. The summed E-state index contributed by atoms with van der Waals surface area (Å²) in [4.78, 5) is 24.3. The summed E-state index contributed by atoms with van der Waals surface area (Å²) in [7, 11) is 0. The summed E-state index contributed by atoms with van der Waals surface area (Å²) >= 11 is 0. The summed E-state index contributed by atoms with van der Waals surface area (Å²) in [5, 5.41) is 11.7. The summed E-state index contributed by atoms with van der Waals surface area (Å²) in [5.74, 6) is -0.992. The van der Waals surface area contributed by atoms with E-state index in [0.29, 0.717) is 11.4 Å². The van der Waals surface area contributed by atoms with Crippen LogP contribution in [0.15, 0.2) is 24.3 Å². The number of rotatable bonds is 7. The van der Waals surface area contributed by atoms with Gasteiger partial charge in [-0.2, -0.15) is 0 Å². The molecule has 6 heteroatoms. The molecule has 108 valence electrons. The average Bonchev–Trinajstić information content (AvgIpc) is 3.19. The molecule has 0 unspecified atom stereocenters. The predicted molar refractivity (Wildman–Crippen MR) is 76.5 cm³/mol. The van der Waals surface area contributed by atoms with Crippen LogP contribution in [0.5, 0.6) is 0 Å². The van der Waals surface area contributed by atoms with Crippen molar-refractivity contribution < 1.29 is 14.7 Å². The van der Waals surface area contributed by atoms with Crippen molar-refractivity contribution in [2.45, 2.75) is 25.3 Å². The Bertz CT molecular complexity index is 500. The van der Waals surface area contributed by atoms with Crippen LogP contribution in [0.2, 0.25) is 0 Å². The number of nitrogen functional groups attached to an aromatic ring is 1. The van der Waals surface area contributed by atoms with Crippen molar-refractivity contribution >= 4 is 23.3 Å². The Labute approximate surface area is 117 Å². The fraction of sp³-hybridized carbons (Fsp3) is 0.429.